The number of hydrogen-bond acceptors (Lipinski definition) is 7. The summed E-state index contributed by atoms with van der Waals surface area (Å²) in [6.07, 6.45) is 1.79. The fourth-order valence-corrected chi connectivity index (χ4v) is 8.00. The Labute approximate surface area is 251 Å². The van der Waals surface area contributed by atoms with Crippen LogP contribution in [-0.4, -0.2) is 44.9 Å². The summed E-state index contributed by atoms with van der Waals surface area (Å²) in [7, 11) is -3.49. The van der Waals surface area contributed by atoms with Crippen LogP contribution in [0.15, 0.2) is 89.8 Å². The van der Waals surface area contributed by atoms with E-state index in [1.807, 2.05) is 48.5 Å². The number of nitrogens with zero attached hydrogens (tertiary/aromatic N) is 2. The van der Waals surface area contributed by atoms with Gasteiger partial charge in [-0.2, -0.15) is 4.31 Å². The van der Waals surface area contributed by atoms with E-state index in [2.05, 4.69) is 30.1 Å². The van der Waals surface area contributed by atoms with Crippen LogP contribution in [0.4, 0.5) is 17.1 Å². The lowest BCUT2D eigenvalue weighted by atomic mass is 9.77. The fraction of sp³-hybridized carbons (Fsp3) is 0.265. The number of ether oxygens (including phenoxy) is 2. The maximum atomic E-state index is 13.3. The molecule has 0 radical (unpaired) electrons. The maximum Gasteiger partial charge on any atom is 0.340 e. The largest absolute Gasteiger partial charge is 0.456 e. The summed E-state index contributed by atoms with van der Waals surface area (Å²) < 4.78 is 40.3. The molecule has 0 aliphatic carbocycles. The molecular formula is C34H33N3O5S. The molecule has 4 aromatic carbocycles. The van der Waals surface area contributed by atoms with Crippen LogP contribution in [0.1, 0.15) is 53.7 Å². The van der Waals surface area contributed by atoms with Crippen LogP contribution in [0.2, 0.25) is 0 Å². The first kappa shape index (κ1) is 27.5. The minimum atomic E-state index is -3.49. The molecule has 3 aliphatic rings. The third kappa shape index (κ3) is 4.37. The second kappa shape index (κ2) is 10.4. The molecule has 1 fully saturated rings. The monoisotopic (exact) mass is 595 g/mol. The molecule has 8 nitrogen and oxygen atoms in total. The van der Waals surface area contributed by atoms with Crippen molar-refractivity contribution >= 4 is 33.1 Å². The summed E-state index contributed by atoms with van der Waals surface area (Å²) in [6.45, 7) is 7.07. The van der Waals surface area contributed by atoms with E-state index in [0.717, 1.165) is 54.1 Å². The number of sulfonamides is 1. The molecule has 9 heteroatoms. The molecule has 1 unspecified atom stereocenters. The summed E-state index contributed by atoms with van der Waals surface area (Å²) in [4.78, 5) is 15.8. The minimum Gasteiger partial charge on any atom is -0.456 e. The molecule has 43 heavy (non-hydrogen) atoms. The van der Waals surface area contributed by atoms with Gasteiger partial charge < -0.3 is 19.7 Å². The van der Waals surface area contributed by atoms with E-state index >= 15 is 0 Å². The highest BCUT2D eigenvalue weighted by molar-refractivity contribution is 7.89. The number of rotatable bonds is 7. The van der Waals surface area contributed by atoms with E-state index in [4.69, 9.17) is 9.47 Å². The van der Waals surface area contributed by atoms with Gasteiger partial charge in [0.15, 0.2) is 5.60 Å². The molecule has 0 bridgehead atoms. The van der Waals surface area contributed by atoms with Gasteiger partial charge in [-0.25, -0.2) is 13.2 Å². The highest BCUT2D eigenvalue weighted by Crippen LogP contribution is 2.57. The van der Waals surface area contributed by atoms with Crippen molar-refractivity contribution in [3.63, 3.8) is 0 Å². The summed E-state index contributed by atoms with van der Waals surface area (Å²) >= 11 is 0. The highest BCUT2D eigenvalue weighted by atomic mass is 32.2. The van der Waals surface area contributed by atoms with Gasteiger partial charge in [-0.3, -0.25) is 0 Å². The van der Waals surface area contributed by atoms with Crippen molar-refractivity contribution in [2.24, 2.45) is 0 Å². The first-order valence-electron chi connectivity index (χ1n) is 14.8. The van der Waals surface area contributed by atoms with Crippen molar-refractivity contribution in [3.8, 4) is 11.5 Å². The molecule has 7 rings (SSSR count). The van der Waals surface area contributed by atoms with E-state index in [0.29, 0.717) is 35.7 Å². The predicted molar refractivity (Wildman–Crippen MR) is 166 cm³/mol. The van der Waals surface area contributed by atoms with Crippen LogP contribution in [0.5, 0.6) is 11.5 Å². The minimum absolute atomic E-state index is 0.285. The Balaban J connectivity index is 1.28. The predicted octanol–water partition coefficient (Wildman–Crippen LogP) is 6.63. The Bertz CT molecular complexity index is 1830. The van der Waals surface area contributed by atoms with Crippen LogP contribution in [0.25, 0.3) is 0 Å². The lowest BCUT2D eigenvalue weighted by molar-refractivity contribution is 0.0224. The number of hydrogen-bond donors (Lipinski definition) is 1. The summed E-state index contributed by atoms with van der Waals surface area (Å²) in [5.41, 5.74) is 4.13. The molecule has 3 aliphatic heterocycles. The number of nitrogens with one attached hydrogen (secondary N) is 1. The first-order chi connectivity index (χ1) is 20.8. The Hall–Kier alpha value is -4.34. The standard InChI is InChI=1S/C34H33N3O5S/c1-3-36(4-2)25-14-17-29-32(22-25)41-31-18-13-24(21-30(31)34(29)28-10-6-5-9-27(28)33(38)42-34)35-23-11-15-26(16-12-23)43(39,40)37-19-7-8-20-37/h5-6,9-18,21-22,35H,3-4,7-8,19-20H2,1-2H3. The van der Waals surface area contributed by atoms with Gasteiger partial charge in [-0.05, 0) is 87.4 Å². The van der Waals surface area contributed by atoms with Gasteiger partial charge in [0.25, 0.3) is 0 Å². The number of fused-ring (bicyclic) bond motifs is 6. The number of esters is 1. The molecule has 0 saturated carbocycles. The van der Waals surface area contributed by atoms with Gasteiger partial charge >= 0.3 is 5.97 Å². The lowest BCUT2D eigenvalue weighted by Crippen LogP contribution is -2.33. The number of carbonyl (C=O) groups excluding carboxylic acids is 1. The van der Waals surface area contributed by atoms with Crippen LogP contribution in [-0.2, 0) is 20.4 Å². The average molecular weight is 596 g/mol. The summed E-state index contributed by atoms with van der Waals surface area (Å²) in [5.74, 6) is 0.874. The fourth-order valence-electron chi connectivity index (χ4n) is 6.48. The Morgan fingerprint density at radius 1 is 0.814 bits per heavy atom. The van der Waals surface area contributed by atoms with E-state index < -0.39 is 15.6 Å². The Kier molecular flexibility index (Phi) is 6.67. The zero-order valence-corrected chi connectivity index (χ0v) is 25.0. The smallest absolute Gasteiger partial charge is 0.340 e. The van der Waals surface area contributed by atoms with E-state index in [1.54, 1.807) is 34.6 Å². The molecular weight excluding hydrogens is 562 g/mol. The summed E-state index contributed by atoms with van der Waals surface area (Å²) in [6, 6.07) is 26.1. The van der Waals surface area contributed by atoms with E-state index in [-0.39, 0.29) is 10.9 Å². The normalized spacial score (nSPS) is 18.9. The highest BCUT2D eigenvalue weighted by Gasteiger charge is 2.53. The second-order valence-corrected chi connectivity index (χ2v) is 13.0. The third-order valence-electron chi connectivity index (χ3n) is 8.67. The molecule has 0 amide bonds. The van der Waals surface area contributed by atoms with Crippen LogP contribution >= 0.6 is 0 Å². The lowest BCUT2D eigenvalue weighted by Gasteiger charge is -2.37. The van der Waals surface area contributed by atoms with Crippen molar-refractivity contribution in [1.29, 1.82) is 0 Å². The molecule has 3 heterocycles. The van der Waals surface area contributed by atoms with Crippen LogP contribution in [0.3, 0.4) is 0 Å². The Morgan fingerprint density at radius 3 is 2.28 bits per heavy atom. The van der Waals surface area contributed by atoms with Crippen molar-refractivity contribution in [1.82, 2.24) is 4.31 Å². The molecule has 220 valence electrons. The van der Waals surface area contributed by atoms with Crippen molar-refractivity contribution in [3.05, 3.63) is 107 Å². The average Bonchev–Trinajstić information content (AvgIpc) is 3.67. The van der Waals surface area contributed by atoms with E-state index in [9.17, 15) is 13.2 Å². The molecule has 1 atom stereocenters. The quantitative estimate of drug-likeness (QED) is 0.240. The van der Waals surface area contributed by atoms with E-state index in [1.165, 1.54) is 0 Å². The van der Waals surface area contributed by atoms with Gasteiger partial charge in [0.1, 0.15) is 11.5 Å². The van der Waals surface area contributed by atoms with Crippen molar-refractivity contribution in [2.45, 2.75) is 37.2 Å². The zero-order chi connectivity index (χ0) is 29.8. The second-order valence-electron chi connectivity index (χ2n) is 11.0. The van der Waals surface area contributed by atoms with Crippen LogP contribution in [0, 0.1) is 0 Å². The van der Waals surface area contributed by atoms with Crippen LogP contribution < -0.4 is 15.0 Å². The molecule has 1 N–H and O–H groups in total. The topological polar surface area (TPSA) is 88.2 Å². The number of anilines is 3. The number of carbonyl (C=O) groups is 1. The van der Waals surface area contributed by atoms with Crippen molar-refractivity contribution < 1.29 is 22.7 Å². The molecule has 1 spiro atoms. The molecule has 1 saturated heterocycles. The maximum absolute atomic E-state index is 13.3. The van der Waals surface area contributed by atoms with Gasteiger partial charge in [0.05, 0.1) is 10.5 Å². The third-order valence-corrected chi connectivity index (χ3v) is 10.6. The van der Waals surface area contributed by atoms with Gasteiger partial charge in [-0.1, -0.05) is 18.2 Å². The van der Waals surface area contributed by atoms with Gasteiger partial charge in [0.2, 0.25) is 10.0 Å². The summed E-state index contributed by atoms with van der Waals surface area (Å²) in [5, 5.41) is 3.40. The zero-order valence-electron chi connectivity index (χ0n) is 24.2. The van der Waals surface area contributed by atoms with Gasteiger partial charge in [-0.15, -0.1) is 0 Å². The molecule has 4 aromatic rings. The molecule has 0 aromatic heterocycles. The first-order valence-corrected chi connectivity index (χ1v) is 16.2. The SMILES string of the molecule is CCN(CC)c1ccc2c(c1)Oc1ccc(Nc3ccc(S(=O)(=O)N4CCCC4)cc3)cc1C21OC(=O)c2ccccc21. The number of benzene rings is 4. The van der Waals surface area contributed by atoms with Gasteiger partial charge in [0, 0.05) is 66.0 Å². The van der Waals surface area contributed by atoms with Crippen molar-refractivity contribution in [2.75, 3.05) is 36.4 Å². The Morgan fingerprint density at radius 2 is 1.53 bits per heavy atom.